The van der Waals surface area contributed by atoms with Crippen LogP contribution in [-0.2, 0) is 26.0 Å². The predicted octanol–water partition coefficient (Wildman–Crippen LogP) is 5.55. The van der Waals surface area contributed by atoms with Gasteiger partial charge in [-0.3, -0.25) is 4.90 Å². The van der Waals surface area contributed by atoms with Crippen molar-refractivity contribution in [1.29, 1.82) is 0 Å². The highest BCUT2D eigenvalue weighted by Gasteiger charge is 2.34. The Balaban J connectivity index is 1.34. The maximum absolute atomic E-state index is 13.2. The van der Waals surface area contributed by atoms with Crippen LogP contribution in [-0.4, -0.2) is 23.5 Å². The van der Waals surface area contributed by atoms with Crippen LogP contribution in [0.15, 0.2) is 60.7 Å². The number of hydrogen-bond donors (Lipinski definition) is 1. The van der Waals surface area contributed by atoms with E-state index in [1.807, 2.05) is 0 Å². The van der Waals surface area contributed by atoms with Crippen molar-refractivity contribution in [2.24, 2.45) is 0 Å². The Kier molecular flexibility index (Phi) is 4.65. The molecule has 1 unspecified atom stereocenters. The van der Waals surface area contributed by atoms with Crippen molar-refractivity contribution in [2.45, 2.75) is 32.0 Å². The third-order valence-electron chi connectivity index (χ3n) is 6.86. The highest BCUT2D eigenvalue weighted by atomic mass is 19.1. The van der Waals surface area contributed by atoms with E-state index in [-0.39, 0.29) is 5.82 Å². The van der Waals surface area contributed by atoms with Gasteiger partial charge in [0.1, 0.15) is 12.4 Å². The number of nitrogens with zero attached hydrogens (tertiary/aromatic N) is 1. The summed E-state index contributed by atoms with van der Waals surface area (Å²) in [6.07, 6.45) is 1.98. The molecule has 0 spiro atoms. The van der Waals surface area contributed by atoms with E-state index in [0.29, 0.717) is 12.6 Å². The van der Waals surface area contributed by atoms with E-state index in [2.05, 4.69) is 46.3 Å². The zero-order chi connectivity index (χ0) is 21.7. The van der Waals surface area contributed by atoms with Gasteiger partial charge in [0.15, 0.2) is 11.5 Å². The molecular weight excluding hydrogens is 403 g/mol. The summed E-state index contributed by atoms with van der Waals surface area (Å²) < 4.78 is 25.0. The van der Waals surface area contributed by atoms with Crippen molar-refractivity contribution in [1.82, 2.24) is 9.88 Å². The van der Waals surface area contributed by atoms with Crippen molar-refractivity contribution in [3.63, 3.8) is 0 Å². The quantitative estimate of drug-likeness (QED) is 0.463. The summed E-state index contributed by atoms with van der Waals surface area (Å²) >= 11 is 0. The Labute approximate surface area is 186 Å². The van der Waals surface area contributed by atoms with Crippen LogP contribution < -0.4 is 9.47 Å². The lowest BCUT2D eigenvalue weighted by molar-refractivity contribution is 0.158. The third-order valence-corrected chi connectivity index (χ3v) is 6.86. The number of nitrogens with one attached hydrogen (secondary N) is 1. The van der Waals surface area contributed by atoms with Crippen molar-refractivity contribution in [3.8, 4) is 11.5 Å². The van der Waals surface area contributed by atoms with Gasteiger partial charge in [0.25, 0.3) is 0 Å². The molecule has 0 radical (unpaired) electrons. The smallest absolute Gasteiger partial charge is 0.162 e. The van der Waals surface area contributed by atoms with E-state index in [1.165, 1.54) is 45.4 Å². The molecular formula is C27H25FN2O2. The van der Waals surface area contributed by atoms with Crippen LogP contribution >= 0.6 is 0 Å². The molecule has 3 aromatic carbocycles. The highest BCUT2D eigenvalue weighted by molar-refractivity contribution is 5.85. The molecule has 4 nitrogen and oxygen atoms in total. The number of methoxy groups -OCH3 is 1. The van der Waals surface area contributed by atoms with Gasteiger partial charge in [-0.05, 0) is 65.4 Å². The molecule has 0 fully saturated rings. The zero-order valence-corrected chi connectivity index (χ0v) is 18.0. The van der Waals surface area contributed by atoms with Crippen molar-refractivity contribution < 1.29 is 13.9 Å². The van der Waals surface area contributed by atoms with Gasteiger partial charge in [-0.2, -0.15) is 0 Å². The third kappa shape index (κ3) is 3.24. The van der Waals surface area contributed by atoms with E-state index in [9.17, 15) is 4.39 Å². The minimum Gasteiger partial charge on any atom is -0.493 e. The first kappa shape index (κ1) is 19.4. The summed E-state index contributed by atoms with van der Waals surface area (Å²) in [7, 11) is 1.68. The number of ether oxygens (including phenoxy) is 2. The molecule has 1 N–H and O–H groups in total. The van der Waals surface area contributed by atoms with Crippen LogP contribution in [0.1, 0.15) is 34.0 Å². The van der Waals surface area contributed by atoms with Gasteiger partial charge in [-0.15, -0.1) is 0 Å². The Bertz CT molecular complexity index is 1300. The van der Waals surface area contributed by atoms with Gasteiger partial charge in [-0.1, -0.05) is 30.3 Å². The fraction of sp³-hybridized carbons (Fsp3) is 0.259. The fourth-order valence-electron chi connectivity index (χ4n) is 5.22. The van der Waals surface area contributed by atoms with Gasteiger partial charge in [-0.25, -0.2) is 4.39 Å². The molecule has 1 aromatic heterocycles. The van der Waals surface area contributed by atoms with E-state index >= 15 is 0 Å². The molecule has 162 valence electrons. The molecule has 3 heterocycles. The minimum absolute atomic E-state index is 0.242. The number of hydrogen-bond acceptors (Lipinski definition) is 3. The first-order chi connectivity index (χ1) is 15.7. The number of aromatic nitrogens is 1. The Morgan fingerprint density at radius 3 is 2.75 bits per heavy atom. The van der Waals surface area contributed by atoms with Gasteiger partial charge in [0.05, 0.1) is 7.11 Å². The summed E-state index contributed by atoms with van der Waals surface area (Å²) in [4.78, 5) is 6.20. The molecule has 32 heavy (non-hydrogen) atoms. The van der Waals surface area contributed by atoms with Crippen LogP contribution in [0.25, 0.3) is 10.9 Å². The van der Waals surface area contributed by atoms with Crippen LogP contribution in [0.4, 0.5) is 4.39 Å². The standard InChI is InChI=1S/C27H25FN2O2/c1-31-26-12-18-10-11-30-15-24-22(20-4-2-3-5-23(20)29-24)13-25(30)21(18)14-27(26)32-16-17-6-8-19(28)9-7-17/h2-9,12,14,25,29H,10-11,13,15-16H2,1H3. The van der Waals surface area contributed by atoms with E-state index < -0.39 is 0 Å². The van der Waals surface area contributed by atoms with Gasteiger partial charge in [0, 0.05) is 35.7 Å². The zero-order valence-electron chi connectivity index (χ0n) is 18.0. The Morgan fingerprint density at radius 1 is 1.06 bits per heavy atom. The highest BCUT2D eigenvalue weighted by Crippen LogP contribution is 2.43. The molecule has 0 saturated heterocycles. The Morgan fingerprint density at radius 2 is 1.91 bits per heavy atom. The number of para-hydroxylation sites is 1. The normalized spacial score (nSPS) is 17.5. The molecule has 4 aromatic rings. The molecule has 5 heteroatoms. The predicted molar refractivity (Wildman–Crippen MR) is 123 cm³/mol. The number of aromatic amines is 1. The number of rotatable bonds is 4. The maximum atomic E-state index is 13.2. The van der Waals surface area contributed by atoms with Crippen LogP contribution in [0, 0.1) is 5.82 Å². The lowest BCUT2D eigenvalue weighted by Gasteiger charge is -2.40. The average Bonchev–Trinajstić information content (AvgIpc) is 3.19. The maximum Gasteiger partial charge on any atom is 0.162 e. The summed E-state index contributed by atoms with van der Waals surface area (Å²) in [5.74, 6) is 1.25. The second kappa shape index (κ2) is 7.68. The SMILES string of the molecule is COc1cc2c(cc1OCc1ccc(F)cc1)C1Cc3c([nH]c4ccccc34)CN1CC2. The molecule has 6 rings (SSSR count). The largest absolute Gasteiger partial charge is 0.493 e. The number of H-pyrrole nitrogens is 1. The van der Waals surface area contributed by atoms with E-state index in [0.717, 1.165) is 43.0 Å². The van der Waals surface area contributed by atoms with Crippen LogP contribution in [0.2, 0.25) is 0 Å². The molecule has 2 aliphatic rings. The van der Waals surface area contributed by atoms with Crippen molar-refractivity contribution >= 4 is 10.9 Å². The molecule has 0 aliphatic carbocycles. The fourth-order valence-corrected chi connectivity index (χ4v) is 5.22. The van der Waals surface area contributed by atoms with Crippen LogP contribution in [0.5, 0.6) is 11.5 Å². The lowest BCUT2D eigenvalue weighted by Crippen LogP contribution is -2.39. The summed E-state index contributed by atoms with van der Waals surface area (Å²) in [5.41, 5.74) is 7.57. The second-order valence-electron chi connectivity index (χ2n) is 8.69. The lowest BCUT2D eigenvalue weighted by atomic mass is 9.85. The summed E-state index contributed by atoms with van der Waals surface area (Å²) in [5, 5.41) is 1.33. The van der Waals surface area contributed by atoms with E-state index in [1.54, 1.807) is 19.2 Å². The first-order valence-electron chi connectivity index (χ1n) is 11.1. The van der Waals surface area contributed by atoms with E-state index in [4.69, 9.17) is 9.47 Å². The molecule has 0 amide bonds. The molecule has 0 bridgehead atoms. The molecule has 0 saturated carbocycles. The topological polar surface area (TPSA) is 37.5 Å². The molecule has 2 aliphatic heterocycles. The van der Waals surface area contributed by atoms with Gasteiger partial charge >= 0.3 is 0 Å². The van der Waals surface area contributed by atoms with Gasteiger partial charge < -0.3 is 14.5 Å². The average molecular weight is 429 g/mol. The minimum atomic E-state index is -0.242. The first-order valence-corrected chi connectivity index (χ1v) is 11.1. The van der Waals surface area contributed by atoms with Crippen molar-refractivity contribution in [2.75, 3.05) is 13.7 Å². The number of fused-ring (bicyclic) bond motifs is 6. The summed E-state index contributed by atoms with van der Waals surface area (Å²) in [6.45, 7) is 2.34. The monoisotopic (exact) mass is 428 g/mol. The summed E-state index contributed by atoms with van der Waals surface area (Å²) in [6, 6.07) is 19.6. The number of benzene rings is 3. The molecule has 1 atom stereocenters. The number of halogens is 1. The van der Waals surface area contributed by atoms with Crippen molar-refractivity contribution in [3.05, 3.63) is 94.4 Å². The second-order valence-corrected chi connectivity index (χ2v) is 8.69. The van der Waals surface area contributed by atoms with Crippen LogP contribution in [0.3, 0.4) is 0 Å². The van der Waals surface area contributed by atoms with Gasteiger partial charge in [0.2, 0.25) is 0 Å². The Hall–Kier alpha value is -3.31.